The van der Waals surface area contributed by atoms with Crippen molar-refractivity contribution < 1.29 is 18.7 Å². The molecule has 0 saturated heterocycles. The Morgan fingerprint density at radius 2 is 1.28 bits per heavy atom. The normalized spacial score (nSPS) is 18.5. The molecule has 2 fully saturated rings. The number of hydrogen-bond donors (Lipinski definition) is 2. The first-order valence-corrected chi connectivity index (χ1v) is 14.5. The molecule has 2 aliphatic rings. The molecule has 0 bridgehead atoms. The van der Waals surface area contributed by atoms with Crippen LogP contribution >= 0.6 is 0 Å². The van der Waals surface area contributed by atoms with Crippen LogP contribution in [0.1, 0.15) is 142 Å². The van der Waals surface area contributed by atoms with Gasteiger partial charge in [-0.25, -0.2) is 8.78 Å². The topological polar surface area (TPSA) is 91.8 Å². The van der Waals surface area contributed by atoms with E-state index >= 15 is 0 Å². The van der Waals surface area contributed by atoms with Crippen molar-refractivity contribution >= 4 is 5.97 Å². The van der Waals surface area contributed by atoms with Crippen molar-refractivity contribution in [1.29, 1.82) is 0 Å². The summed E-state index contributed by atoms with van der Waals surface area (Å²) in [6.45, 7) is 31.8. The van der Waals surface area contributed by atoms with Gasteiger partial charge in [-0.1, -0.05) is 109 Å². The van der Waals surface area contributed by atoms with Crippen LogP contribution in [-0.2, 0) is 10.2 Å². The highest BCUT2D eigenvalue weighted by Gasteiger charge is 2.58. The maximum absolute atomic E-state index is 11.8. The van der Waals surface area contributed by atoms with Gasteiger partial charge in [-0.2, -0.15) is 5.21 Å². The van der Waals surface area contributed by atoms with Crippen molar-refractivity contribution in [2.24, 2.45) is 38.9 Å². The molecule has 1 aromatic heterocycles. The van der Waals surface area contributed by atoms with Crippen LogP contribution < -0.4 is 0 Å². The summed E-state index contributed by atoms with van der Waals surface area (Å²) in [6, 6.07) is 0. The molecule has 0 amide bonds. The van der Waals surface area contributed by atoms with Gasteiger partial charge in [-0.3, -0.25) is 4.79 Å². The molecule has 8 heteroatoms. The number of H-pyrrole nitrogens is 1. The van der Waals surface area contributed by atoms with E-state index in [9.17, 15) is 13.6 Å². The number of alkyl halides is 2. The Hall–Kier alpha value is -1.60. The SMILES string of the molecule is CC(C)(C)C1(C(=O)O)CC1.CC(C)(C)C1(c2nn[nH]n2)CC1.CC(C)C(C)(C)C.CC(CC(F)F)C(C)(C)C. The lowest BCUT2D eigenvalue weighted by atomic mass is 9.77. The van der Waals surface area contributed by atoms with E-state index in [1.54, 1.807) is 0 Å². The van der Waals surface area contributed by atoms with Crippen molar-refractivity contribution in [3.8, 4) is 0 Å². The van der Waals surface area contributed by atoms with Gasteiger partial charge in [0.2, 0.25) is 6.43 Å². The summed E-state index contributed by atoms with van der Waals surface area (Å²) in [5.74, 6) is 1.15. The highest BCUT2D eigenvalue weighted by Crippen LogP contribution is 2.59. The molecule has 0 aromatic carbocycles. The van der Waals surface area contributed by atoms with E-state index in [0.717, 1.165) is 24.6 Å². The van der Waals surface area contributed by atoms with Gasteiger partial charge in [0.25, 0.3) is 0 Å². The summed E-state index contributed by atoms with van der Waals surface area (Å²) in [6.07, 6.45) is 1.95. The molecule has 1 unspecified atom stereocenters. The summed E-state index contributed by atoms with van der Waals surface area (Å²) in [4.78, 5) is 10.7. The monoisotopic (exact) mass is 558 g/mol. The number of carbonyl (C=O) groups is 1. The lowest BCUT2D eigenvalue weighted by Gasteiger charge is -2.27. The summed E-state index contributed by atoms with van der Waals surface area (Å²) in [7, 11) is 0. The number of tetrazole rings is 1. The number of aromatic amines is 1. The molecule has 0 spiro atoms. The molecule has 0 aliphatic heterocycles. The molecule has 1 aromatic rings. The van der Waals surface area contributed by atoms with E-state index in [1.165, 1.54) is 12.8 Å². The number of aromatic nitrogens is 4. The van der Waals surface area contributed by atoms with Gasteiger partial charge >= 0.3 is 5.97 Å². The second-order valence-electron chi connectivity index (χ2n) is 16.1. The molecule has 2 aliphatic carbocycles. The van der Waals surface area contributed by atoms with Crippen LogP contribution in [0.2, 0.25) is 0 Å². The minimum absolute atomic E-state index is 0.0103. The van der Waals surface area contributed by atoms with E-state index in [0.29, 0.717) is 5.41 Å². The largest absolute Gasteiger partial charge is 0.481 e. The van der Waals surface area contributed by atoms with Crippen molar-refractivity contribution in [3.05, 3.63) is 5.82 Å². The first kappa shape index (κ1) is 37.4. The molecule has 6 nitrogen and oxygen atoms in total. The number of nitrogens with one attached hydrogen (secondary N) is 1. The standard InChI is InChI=1S/C8H16F2.C8H14N4.C8H14O2.C7H16/c1-6(5-7(9)10)8(2,3)4;1-7(2,3)8(4-5-8)6-9-11-12-10-6;1-7(2,3)8(4-5-8)6(9)10;1-6(2)7(3,4)5/h6-7H,5H2,1-4H3;4-5H2,1-3H3,(H,9,10,11,12);4-5H2,1-3H3,(H,9,10);6H,1-5H3. The third-order valence-corrected chi connectivity index (χ3v) is 9.30. The molecule has 2 N–H and O–H groups in total. The highest BCUT2D eigenvalue weighted by molar-refractivity contribution is 5.78. The van der Waals surface area contributed by atoms with Gasteiger partial charge < -0.3 is 5.11 Å². The Bertz CT molecular complexity index is 847. The van der Waals surface area contributed by atoms with Crippen LogP contribution in [0.15, 0.2) is 0 Å². The lowest BCUT2D eigenvalue weighted by Crippen LogP contribution is -2.29. The summed E-state index contributed by atoms with van der Waals surface area (Å²) >= 11 is 0. The predicted octanol–water partition coefficient (Wildman–Crippen LogP) is 9.19. The fourth-order valence-corrected chi connectivity index (χ4v) is 3.83. The molecule has 0 radical (unpaired) electrons. The first-order valence-electron chi connectivity index (χ1n) is 14.5. The molecule has 39 heavy (non-hydrogen) atoms. The van der Waals surface area contributed by atoms with Crippen molar-refractivity contribution in [1.82, 2.24) is 20.6 Å². The fourth-order valence-electron chi connectivity index (χ4n) is 3.83. The average Bonchev–Trinajstić information content (AvgIpc) is 3.64. The number of nitrogens with zero attached hydrogens (tertiary/aromatic N) is 3. The van der Waals surface area contributed by atoms with Gasteiger partial charge in [0.15, 0.2) is 5.82 Å². The minimum atomic E-state index is -2.16. The number of carboxylic acids is 1. The number of hydrogen-bond acceptors (Lipinski definition) is 4. The Kier molecular flexibility index (Phi) is 12.8. The number of carboxylic acid groups (broad SMARTS) is 1. The number of halogens is 2. The number of aliphatic carboxylic acids is 1. The van der Waals surface area contributed by atoms with Crippen LogP contribution in [-0.4, -0.2) is 38.1 Å². The molecule has 230 valence electrons. The third-order valence-electron chi connectivity index (χ3n) is 9.30. The Labute approximate surface area is 237 Å². The zero-order valence-corrected chi connectivity index (χ0v) is 27.7. The third kappa shape index (κ3) is 11.4. The molecule has 2 saturated carbocycles. The van der Waals surface area contributed by atoms with E-state index < -0.39 is 17.8 Å². The second kappa shape index (κ2) is 13.4. The van der Waals surface area contributed by atoms with Crippen molar-refractivity contribution in [2.75, 3.05) is 0 Å². The second-order valence-corrected chi connectivity index (χ2v) is 16.1. The van der Waals surface area contributed by atoms with Crippen molar-refractivity contribution in [2.45, 2.75) is 148 Å². The maximum Gasteiger partial charge on any atom is 0.310 e. The average molecular weight is 559 g/mol. The van der Waals surface area contributed by atoms with E-state index in [-0.39, 0.29) is 34.0 Å². The van der Waals surface area contributed by atoms with Gasteiger partial charge in [-0.05, 0) is 59.2 Å². The lowest BCUT2D eigenvalue weighted by molar-refractivity contribution is -0.147. The fraction of sp³-hybridized carbons (Fsp3) is 0.935. The Morgan fingerprint density at radius 3 is 1.41 bits per heavy atom. The van der Waals surface area contributed by atoms with Crippen LogP contribution in [0.3, 0.4) is 0 Å². The molecular formula is C31H60F2N4O2. The van der Waals surface area contributed by atoms with E-state index in [4.69, 9.17) is 5.11 Å². The molecule has 3 rings (SSSR count). The van der Waals surface area contributed by atoms with Gasteiger partial charge in [0, 0.05) is 11.8 Å². The van der Waals surface area contributed by atoms with Crippen LogP contribution in [0.25, 0.3) is 0 Å². The summed E-state index contributed by atoms with van der Waals surface area (Å²) < 4.78 is 23.6. The molecular weight excluding hydrogens is 498 g/mol. The summed E-state index contributed by atoms with van der Waals surface area (Å²) in [5.41, 5.74) is 0.485. The maximum atomic E-state index is 11.8. The Balaban J connectivity index is 0.000000503. The van der Waals surface area contributed by atoms with Crippen LogP contribution in [0.4, 0.5) is 8.78 Å². The zero-order chi connectivity index (χ0) is 31.3. The quantitative estimate of drug-likeness (QED) is 0.384. The Morgan fingerprint density at radius 1 is 0.846 bits per heavy atom. The highest BCUT2D eigenvalue weighted by atomic mass is 19.3. The van der Waals surface area contributed by atoms with E-state index in [1.807, 2.05) is 48.5 Å². The van der Waals surface area contributed by atoms with Gasteiger partial charge in [0.1, 0.15) is 0 Å². The van der Waals surface area contributed by atoms with Crippen LogP contribution in [0.5, 0.6) is 0 Å². The first-order chi connectivity index (χ1) is 17.2. The van der Waals surface area contributed by atoms with Gasteiger partial charge in [0.05, 0.1) is 5.41 Å². The smallest absolute Gasteiger partial charge is 0.310 e. The minimum Gasteiger partial charge on any atom is -0.481 e. The van der Waals surface area contributed by atoms with E-state index in [2.05, 4.69) is 76.0 Å². The number of rotatable bonds is 4. The van der Waals surface area contributed by atoms with Crippen molar-refractivity contribution in [3.63, 3.8) is 0 Å². The van der Waals surface area contributed by atoms with Gasteiger partial charge in [-0.15, -0.1) is 10.2 Å². The molecule has 1 atom stereocenters. The predicted molar refractivity (Wildman–Crippen MR) is 157 cm³/mol. The molecule has 1 heterocycles. The summed E-state index contributed by atoms with van der Waals surface area (Å²) in [5, 5.41) is 23.1. The zero-order valence-electron chi connectivity index (χ0n) is 27.7. The van der Waals surface area contributed by atoms with Crippen LogP contribution in [0, 0.1) is 38.9 Å².